The van der Waals surface area contributed by atoms with Crippen LogP contribution < -0.4 is 0 Å². The highest BCUT2D eigenvalue weighted by Gasteiger charge is 2.60. The van der Waals surface area contributed by atoms with E-state index in [0.29, 0.717) is 5.56 Å². The van der Waals surface area contributed by atoms with Gasteiger partial charge in [-0.05, 0) is 24.1 Å². The normalized spacial score (nSPS) is 28.9. The Hall–Kier alpha value is -1.16. The van der Waals surface area contributed by atoms with Gasteiger partial charge in [-0.2, -0.15) is 0 Å². The second-order valence-corrected chi connectivity index (χ2v) is 4.27. The van der Waals surface area contributed by atoms with Crippen molar-refractivity contribution in [3.63, 3.8) is 0 Å². The Morgan fingerprint density at radius 1 is 1.47 bits per heavy atom. The highest BCUT2D eigenvalue weighted by Crippen LogP contribution is 2.56. The van der Waals surface area contributed by atoms with Crippen LogP contribution in [0.5, 0.6) is 0 Å². The van der Waals surface area contributed by atoms with E-state index in [1.807, 2.05) is 0 Å². The van der Waals surface area contributed by atoms with Crippen LogP contribution in [0.3, 0.4) is 0 Å². The van der Waals surface area contributed by atoms with Crippen molar-refractivity contribution in [2.24, 2.45) is 0 Å². The molecular weight excluding hydrogens is 226 g/mol. The van der Waals surface area contributed by atoms with Gasteiger partial charge in [0, 0.05) is 5.92 Å². The predicted octanol–water partition coefficient (Wildman–Crippen LogP) is 2.51. The minimum absolute atomic E-state index is 0.245. The van der Waals surface area contributed by atoms with Gasteiger partial charge in [0.05, 0.1) is 0 Å². The summed E-state index contributed by atoms with van der Waals surface area (Å²) >= 11 is 5.76. The third-order valence-electron chi connectivity index (χ3n) is 2.59. The average molecular weight is 233 g/mol. The molecule has 0 amide bonds. The molecule has 5 heteroatoms. The Balaban J connectivity index is 2.27. The van der Waals surface area contributed by atoms with Crippen molar-refractivity contribution < 1.29 is 18.7 Å². The quantitative estimate of drug-likeness (QED) is 0.796. The molecule has 2 nitrogen and oxygen atoms in total. The summed E-state index contributed by atoms with van der Waals surface area (Å²) in [7, 11) is 0. The molecule has 0 heterocycles. The Bertz CT molecular complexity index is 435. The molecule has 1 aromatic rings. The summed E-state index contributed by atoms with van der Waals surface area (Å²) in [6.07, 6.45) is 0.245. The molecule has 0 radical (unpaired) electrons. The van der Waals surface area contributed by atoms with Crippen LogP contribution in [0.15, 0.2) is 18.2 Å². The highest BCUT2D eigenvalue weighted by molar-refractivity contribution is 6.37. The topological polar surface area (TPSA) is 37.3 Å². The standard InChI is InChI=1S/C10H7ClF2O2/c11-10(9(14)15)4-6(10)5-1-2-7(12)8(13)3-5/h1-3,6H,4H2,(H,14,15). The van der Waals surface area contributed by atoms with E-state index in [1.54, 1.807) is 0 Å². The van der Waals surface area contributed by atoms with Crippen LogP contribution in [0.4, 0.5) is 8.78 Å². The van der Waals surface area contributed by atoms with Crippen LogP contribution in [0.2, 0.25) is 0 Å². The highest BCUT2D eigenvalue weighted by atomic mass is 35.5. The zero-order valence-corrected chi connectivity index (χ0v) is 8.26. The van der Waals surface area contributed by atoms with Crippen LogP contribution in [-0.2, 0) is 4.79 Å². The number of carbonyl (C=O) groups is 1. The third-order valence-corrected chi connectivity index (χ3v) is 3.17. The molecule has 1 N–H and O–H groups in total. The molecule has 2 unspecified atom stereocenters. The summed E-state index contributed by atoms with van der Waals surface area (Å²) in [5.41, 5.74) is 0.423. The number of hydrogen-bond acceptors (Lipinski definition) is 1. The number of alkyl halides is 1. The predicted molar refractivity (Wildman–Crippen MR) is 49.9 cm³/mol. The van der Waals surface area contributed by atoms with E-state index in [0.717, 1.165) is 12.1 Å². The summed E-state index contributed by atoms with van der Waals surface area (Å²) in [5.74, 6) is -3.50. The fraction of sp³-hybridized carbons (Fsp3) is 0.300. The van der Waals surface area contributed by atoms with E-state index >= 15 is 0 Å². The SMILES string of the molecule is O=C(O)C1(Cl)CC1c1ccc(F)c(F)c1. The molecule has 1 aliphatic rings. The summed E-state index contributed by atoms with van der Waals surface area (Å²) in [6, 6.07) is 3.32. The van der Waals surface area contributed by atoms with Gasteiger partial charge in [0.1, 0.15) is 4.87 Å². The smallest absolute Gasteiger partial charge is 0.325 e. The first kappa shape index (κ1) is 10.4. The molecule has 1 aliphatic carbocycles. The van der Waals surface area contributed by atoms with Gasteiger partial charge < -0.3 is 5.11 Å². The van der Waals surface area contributed by atoms with Gasteiger partial charge >= 0.3 is 5.97 Å². The molecule has 0 spiro atoms. The van der Waals surface area contributed by atoms with E-state index < -0.39 is 28.4 Å². The number of benzene rings is 1. The molecule has 1 fully saturated rings. The maximum atomic E-state index is 12.9. The van der Waals surface area contributed by atoms with Crippen molar-refractivity contribution in [2.45, 2.75) is 17.2 Å². The molecule has 1 aromatic carbocycles. The largest absolute Gasteiger partial charge is 0.480 e. The van der Waals surface area contributed by atoms with Crippen molar-refractivity contribution in [2.75, 3.05) is 0 Å². The van der Waals surface area contributed by atoms with Crippen molar-refractivity contribution in [1.82, 2.24) is 0 Å². The Morgan fingerprint density at radius 2 is 2.13 bits per heavy atom. The zero-order chi connectivity index (χ0) is 11.2. The summed E-state index contributed by atoms with van der Waals surface area (Å²) in [5, 5.41) is 8.77. The molecule has 0 bridgehead atoms. The summed E-state index contributed by atoms with van der Waals surface area (Å²) < 4.78 is 25.5. The monoisotopic (exact) mass is 232 g/mol. The molecule has 0 saturated heterocycles. The van der Waals surface area contributed by atoms with Gasteiger partial charge in [0.15, 0.2) is 11.6 Å². The number of rotatable bonds is 2. The first-order valence-electron chi connectivity index (χ1n) is 4.32. The molecule has 0 aromatic heterocycles. The molecule has 1 saturated carbocycles. The van der Waals surface area contributed by atoms with E-state index in [4.69, 9.17) is 16.7 Å². The van der Waals surface area contributed by atoms with Gasteiger partial charge in [0.2, 0.25) is 0 Å². The van der Waals surface area contributed by atoms with Gasteiger partial charge in [-0.25, -0.2) is 8.78 Å². The maximum Gasteiger partial charge on any atom is 0.325 e. The fourth-order valence-electron chi connectivity index (χ4n) is 1.59. The van der Waals surface area contributed by atoms with Crippen LogP contribution in [0, 0.1) is 11.6 Å². The van der Waals surface area contributed by atoms with Crippen LogP contribution >= 0.6 is 11.6 Å². The van der Waals surface area contributed by atoms with E-state index in [2.05, 4.69) is 0 Å². The average Bonchev–Trinajstić information content (AvgIpc) is 2.85. The van der Waals surface area contributed by atoms with Crippen molar-refractivity contribution in [1.29, 1.82) is 0 Å². The zero-order valence-electron chi connectivity index (χ0n) is 7.51. The number of hydrogen-bond donors (Lipinski definition) is 1. The fourth-order valence-corrected chi connectivity index (χ4v) is 1.87. The number of aliphatic carboxylic acids is 1. The molecule has 0 aliphatic heterocycles. The minimum atomic E-state index is -1.34. The van der Waals surface area contributed by atoms with Crippen LogP contribution in [-0.4, -0.2) is 16.0 Å². The van der Waals surface area contributed by atoms with Gasteiger partial charge in [-0.3, -0.25) is 4.79 Å². The summed E-state index contributed by atoms with van der Waals surface area (Å²) in [4.78, 5) is 9.38. The lowest BCUT2D eigenvalue weighted by Crippen LogP contribution is -2.16. The lowest BCUT2D eigenvalue weighted by atomic mass is 10.1. The van der Waals surface area contributed by atoms with Crippen molar-refractivity contribution >= 4 is 17.6 Å². The number of carboxylic acids is 1. The first-order chi connectivity index (χ1) is 6.95. The van der Waals surface area contributed by atoms with E-state index in [9.17, 15) is 13.6 Å². The Labute approximate surface area is 89.5 Å². The number of carboxylic acid groups (broad SMARTS) is 1. The maximum absolute atomic E-state index is 12.9. The minimum Gasteiger partial charge on any atom is -0.480 e. The lowest BCUT2D eigenvalue weighted by Gasteiger charge is -2.03. The van der Waals surface area contributed by atoms with Gasteiger partial charge in [-0.1, -0.05) is 6.07 Å². The molecule has 80 valence electrons. The van der Waals surface area contributed by atoms with Crippen LogP contribution in [0.1, 0.15) is 17.9 Å². The van der Waals surface area contributed by atoms with Gasteiger partial charge in [-0.15, -0.1) is 11.6 Å². The molecule has 2 atom stereocenters. The molecule has 2 rings (SSSR count). The van der Waals surface area contributed by atoms with Crippen molar-refractivity contribution in [3.05, 3.63) is 35.4 Å². The summed E-state index contributed by atoms with van der Waals surface area (Å²) in [6.45, 7) is 0. The third kappa shape index (κ3) is 1.59. The Kier molecular flexibility index (Phi) is 2.19. The number of halogens is 3. The molecular formula is C10H7ClF2O2. The second-order valence-electron chi connectivity index (χ2n) is 3.60. The van der Waals surface area contributed by atoms with Crippen molar-refractivity contribution in [3.8, 4) is 0 Å². The second kappa shape index (κ2) is 3.17. The van der Waals surface area contributed by atoms with E-state index in [-0.39, 0.29) is 6.42 Å². The van der Waals surface area contributed by atoms with Gasteiger partial charge in [0.25, 0.3) is 0 Å². The molecule has 15 heavy (non-hydrogen) atoms. The van der Waals surface area contributed by atoms with E-state index in [1.165, 1.54) is 6.07 Å². The first-order valence-corrected chi connectivity index (χ1v) is 4.70. The van der Waals surface area contributed by atoms with Crippen LogP contribution in [0.25, 0.3) is 0 Å². The lowest BCUT2D eigenvalue weighted by molar-refractivity contribution is -0.137. The Morgan fingerprint density at radius 3 is 2.60 bits per heavy atom.